The summed E-state index contributed by atoms with van der Waals surface area (Å²) in [5.41, 5.74) is 12.6. The Balaban J connectivity index is 2.27. The van der Waals surface area contributed by atoms with Crippen LogP contribution in [0.4, 0.5) is 5.69 Å². The zero-order chi connectivity index (χ0) is 11.5. The first-order valence-electron chi connectivity index (χ1n) is 5.20. The highest BCUT2D eigenvalue weighted by atomic mass is 16.5. The highest BCUT2D eigenvalue weighted by molar-refractivity contribution is 5.98. The smallest absolute Gasteiger partial charge is 0.250 e. The predicted octanol–water partition coefficient (Wildman–Crippen LogP) is 0.0286. The number of morpholine rings is 1. The molecule has 16 heavy (non-hydrogen) atoms. The SMILES string of the molecule is NC(=O)c1cc(C2CNCCO2)ccc1N. The highest BCUT2D eigenvalue weighted by Gasteiger charge is 2.17. The standard InChI is InChI=1S/C11H15N3O2/c12-9-2-1-7(5-8(9)11(13)15)10-6-14-3-4-16-10/h1-2,5,10,14H,3-4,6,12H2,(H2,13,15). The molecule has 1 aromatic rings. The predicted molar refractivity (Wildman–Crippen MR) is 60.9 cm³/mol. The molecule has 1 aliphatic rings. The number of anilines is 1. The summed E-state index contributed by atoms with van der Waals surface area (Å²) in [6.07, 6.45) is -0.0348. The van der Waals surface area contributed by atoms with Crippen LogP contribution in [0, 0.1) is 0 Å². The molecule has 1 aromatic carbocycles. The Morgan fingerprint density at radius 2 is 2.31 bits per heavy atom. The fourth-order valence-corrected chi connectivity index (χ4v) is 1.77. The Morgan fingerprint density at radius 1 is 1.50 bits per heavy atom. The molecule has 5 heteroatoms. The minimum atomic E-state index is -0.511. The number of benzene rings is 1. The number of nitrogens with one attached hydrogen (secondary N) is 1. The average Bonchev–Trinajstić information content (AvgIpc) is 2.30. The van der Waals surface area contributed by atoms with E-state index in [4.69, 9.17) is 16.2 Å². The normalized spacial score (nSPS) is 20.6. The molecular weight excluding hydrogens is 206 g/mol. The van der Waals surface area contributed by atoms with Crippen molar-refractivity contribution in [1.82, 2.24) is 5.32 Å². The van der Waals surface area contributed by atoms with Gasteiger partial charge >= 0.3 is 0 Å². The third kappa shape index (κ3) is 2.15. The van der Waals surface area contributed by atoms with Crippen LogP contribution in [0.3, 0.4) is 0 Å². The topological polar surface area (TPSA) is 90.4 Å². The largest absolute Gasteiger partial charge is 0.398 e. The number of amides is 1. The summed E-state index contributed by atoms with van der Waals surface area (Å²) < 4.78 is 5.58. The molecule has 1 saturated heterocycles. The number of rotatable bonds is 2. The van der Waals surface area contributed by atoms with E-state index in [1.807, 2.05) is 6.07 Å². The molecule has 1 atom stereocenters. The maximum absolute atomic E-state index is 11.1. The van der Waals surface area contributed by atoms with Gasteiger partial charge in [-0.2, -0.15) is 0 Å². The van der Waals surface area contributed by atoms with E-state index in [0.29, 0.717) is 17.9 Å². The monoisotopic (exact) mass is 221 g/mol. The first kappa shape index (κ1) is 10.9. The van der Waals surface area contributed by atoms with Gasteiger partial charge in [-0.1, -0.05) is 6.07 Å². The number of hydrogen-bond donors (Lipinski definition) is 3. The minimum Gasteiger partial charge on any atom is -0.398 e. The minimum absolute atomic E-state index is 0.0348. The first-order chi connectivity index (χ1) is 7.68. The van der Waals surface area contributed by atoms with E-state index in [9.17, 15) is 4.79 Å². The van der Waals surface area contributed by atoms with Crippen molar-refractivity contribution in [2.24, 2.45) is 5.73 Å². The zero-order valence-corrected chi connectivity index (χ0v) is 8.90. The Labute approximate surface area is 93.8 Å². The van der Waals surface area contributed by atoms with E-state index >= 15 is 0 Å². The molecule has 1 heterocycles. The van der Waals surface area contributed by atoms with Crippen molar-refractivity contribution >= 4 is 11.6 Å². The maximum Gasteiger partial charge on any atom is 0.250 e. The van der Waals surface area contributed by atoms with Crippen molar-refractivity contribution in [2.45, 2.75) is 6.10 Å². The summed E-state index contributed by atoms with van der Waals surface area (Å²) in [6, 6.07) is 5.25. The first-order valence-corrected chi connectivity index (χ1v) is 5.20. The molecule has 1 fully saturated rings. The lowest BCUT2D eigenvalue weighted by molar-refractivity contribution is 0.0277. The van der Waals surface area contributed by atoms with E-state index in [1.54, 1.807) is 12.1 Å². The van der Waals surface area contributed by atoms with E-state index < -0.39 is 5.91 Å². The van der Waals surface area contributed by atoms with Gasteiger partial charge in [0.25, 0.3) is 5.91 Å². The molecule has 86 valence electrons. The summed E-state index contributed by atoms with van der Waals surface area (Å²) in [4.78, 5) is 11.1. The fraction of sp³-hybridized carbons (Fsp3) is 0.364. The van der Waals surface area contributed by atoms with Gasteiger partial charge < -0.3 is 21.5 Å². The third-order valence-corrected chi connectivity index (χ3v) is 2.64. The molecular formula is C11H15N3O2. The Bertz CT molecular complexity index is 400. The van der Waals surface area contributed by atoms with Crippen LogP contribution in [0.1, 0.15) is 22.0 Å². The molecule has 2 rings (SSSR count). The van der Waals surface area contributed by atoms with Crippen molar-refractivity contribution in [3.63, 3.8) is 0 Å². The van der Waals surface area contributed by atoms with Crippen LogP contribution in [0.5, 0.6) is 0 Å². The van der Waals surface area contributed by atoms with E-state index in [2.05, 4.69) is 5.32 Å². The summed E-state index contributed by atoms with van der Waals surface area (Å²) in [7, 11) is 0. The van der Waals surface area contributed by atoms with Gasteiger partial charge in [-0.3, -0.25) is 4.79 Å². The summed E-state index contributed by atoms with van der Waals surface area (Å²) in [6.45, 7) is 2.26. The molecule has 0 bridgehead atoms. The average molecular weight is 221 g/mol. The molecule has 1 aliphatic heterocycles. The summed E-state index contributed by atoms with van der Waals surface area (Å²) in [5.74, 6) is -0.511. The van der Waals surface area contributed by atoms with Crippen LogP contribution in [0.15, 0.2) is 18.2 Å². The van der Waals surface area contributed by atoms with Crippen molar-refractivity contribution in [2.75, 3.05) is 25.4 Å². The molecule has 0 spiro atoms. The van der Waals surface area contributed by atoms with Crippen LogP contribution in [0.25, 0.3) is 0 Å². The van der Waals surface area contributed by atoms with Gasteiger partial charge in [0.05, 0.1) is 18.3 Å². The Hall–Kier alpha value is -1.59. The third-order valence-electron chi connectivity index (χ3n) is 2.64. The number of carbonyl (C=O) groups excluding carboxylic acids is 1. The van der Waals surface area contributed by atoms with E-state index in [1.165, 1.54) is 0 Å². The van der Waals surface area contributed by atoms with Gasteiger partial charge in [0, 0.05) is 18.8 Å². The maximum atomic E-state index is 11.1. The van der Waals surface area contributed by atoms with Crippen molar-refractivity contribution < 1.29 is 9.53 Å². The van der Waals surface area contributed by atoms with Crippen LogP contribution in [-0.2, 0) is 4.74 Å². The van der Waals surface area contributed by atoms with Crippen molar-refractivity contribution in [1.29, 1.82) is 0 Å². The quantitative estimate of drug-likeness (QED) is 0.614. The van der Waals surface area contributed by atoms with Crippen LogP contribution in [0.2, 0.25) is 0 Å². The van der Waals surface area contributed by atoms with E-state index in [0.717, 1.165) is 18.7 Å². The zero-order valence-electron chi connectivity index (χ0n) is 8.90. The van der Waals surface area contributed by atoms with Gasteiger partial charge in [0.15, 0.2) is 0 Å². The van der Waals surface area contributed by atoms with Gasteiger partial charge in [-0.15, -0.1) is 0 Å². The number of ether oxygens (including phenoxy) is 1. The van der Waals surface area contributed by atoms with E-state index in [-0.39, 0.29) is 6.10 Å². The Morgan fingerprint density at radius 3 is 2.94 bits per heavy atom. The fourth-order valence-electron chi connectivity index (χ4n) is 1.77. The number of carbonyl (C=O) groups is 1. The number of nitrogen functional groups attached to an aromatic ring is 1. The van der Waals surface area contributed by atoms with Crippen LogP contribution < -0.4 is 16.8 Å². The van der Waals surface area contributed by atoms with Crippen molar-refractivity contribution in [3.05, 3.63) is 29.3 Å². The second kappa shape index (κ2) is 4.51. The van der Waals surface area contributed by atoms with Crippen molar-refractivity contribution in [3.8, 4) is 0 Å². The molecule has 1 unspecified atom stereocenters. The second-order valence-corrected chi connectivity index (χ2v) is 3.77. The molecule has 1 amide bonds. The molecule has 0 aromatic heterocycles. The molecule has 0 saturated carbocycles. The van der Waals surface area contributed by atoms with Crippen LogP contribution >= 0.6 is 0 Å². The second-order valence-electron chi connectivity index (χ2n) is 3.77. The lowest BCUT2D eigenvalue weighted by atomic mass is 10.0. The summed E-state index contributed by atoms with van der Waals surface area (Å²) >= 11 is 0. The lowest BCUT2D eigenvalue weighted by Crippen LogP contribution is -2.33. The highest BCUT2D eigenvalue weighted by Crippen LogP contribution is 2.22. The number of nitrogens with two attached hydrogens (primary N) is 2. The number of primary amides is 1. The summed E-state index contributed by atoms with van der Waals surface area (Å²) in [5, 5.41) is 3.22. The molecule has 5 nitrogen and oxygen atoms in total. The van der Waals surface area contributed by atoms with Gasteiger partial charge in [0.2, 0.25) is 0 Å². The molecule has 0 aliphatic carbocycles. The van der Waals surface area contributed by atoms with Gasteiger partial charge in [-0.25, -0.2) is 0 Å². The Kier molecular flexibility index (Phi) is 3.07. The molecule has 0 radical (unpaired) electrons. The number of hydrogen-bond acceptors (Lipinski definition) is 4. The molecule has 5 N–H and O–H groups in total. The van der Waals surface area contributed by atoms with Gasteiger partial charge in [0.1, 0.15) is 0 Å². The van der Waals surface area contributed by atoms with Crippen LogP contribution in [-0.4, -0.2) is 25.6 Å². The van der Waals surface area contributed by atoms with Gasteiger partial charge in [-0.05, 0) is 17.7 Å². The lowest BCUT2D eigenvalue weighted by Gasteiger charge is -2.24.